The molecule has 0 aliphatic carbocycles. The van der Waals surface area contributed by atoms with Gasteiger partial charge in [-0.2, -0.15) is 0 Å². The molecule has 1 amide bonds. The van der Waals surface area contributed by atoms with Crippen LogP contribution < -0.4 is 5.32 Å². The van der Waals surface area contributed by atoms with Crippen LogP contribution in [-0.2, 0) is 11.8 Å². The summed E-state index contributed by atoms with van der Waals surface area (Å²) in [5, 5.41) is 11.9. The quantitative estimate of drug-likeness (QED) is 0.601. The second-order valence-electron chi connectivity index (χ2n) is 4.87. The minimum atomic E-state index is -0.0433. The Bertz CT molecular complexity index is 642. The third kappa shape index (κ3) is 4.19. The minimum absolute atomic E-state index is 0.0433. The Kier molecular flexibility index (Phi) is 5.63. The zero-order valence-electron chi connectivity index (χ0n) is 12.1. The van der Waals surface area contributed by atoms with Crippen LogP contribution in [0.5, 0.6) is 0 Å². The van der Waals surface area contributed by atoms with Gasteiger partial charge in [-0.3, -0.25) is 4.79 Å². The topological polar surface area (TPSA) is 59.8 Å². The fourth-order valence-corrected chi connectivity index (χ4v) is 3.07. The van der Waals surface area contributed by atoms with E-state index in [1.54, 1.807) is 0 Å². The second-order valence-corrected chi connectivity index (χ2v) is 6.98. The molecular formula is C14H17IN4OS. The standard InChI is InChI=1S/C14H17IN4OS/c1-9(2)13-17-18-14(19(13)3)21-8-12(20)16-11-7-5-4-6-10(11)15/h4-7,9H,8H2,1-3H3,(H,16,20). The molecule has 0 aliphatic heterocycles. The first-order valence-corrected chi connectivity index (χ1v) is 8.62. The Morgan fingerprint density at radius 1 is 1.38 bits per heavy atom. The number of halogens is 1. The number of rotatable bonds is 5. The number of carbonyl (C=O) groups is 1. The summed E-state index contributed by atoms with van der Waals surface area (Å²) in [7, 11) is 1.93. The predicted octanol–water partition coefficient (Wildman–Crippen LogP) is 3.27. The van der Waals surface area contributed by atoms with Crippen LogP contribution in [0.25, 0.3) is 0 Å². The van der Waals surface area contributed by atoms with E-state index in [0.29, 0.717) is 11.7 Å². The fourth-order valence-electron chi connectivity index (χ4n) is 1.83. The maximum atomic E-state index is 12.0. The average Bonchev–Trinajstić information content (AvgIpc) is 2.80. The number of thioether (sulfide) groups is 1. The van der Waals surface area contributed by atoms with Crippen LogP contribution in [0, 0.1) is 3.57 Å². The highest BCUT2D eigenvalue weighted by molar-refractivity contribution is 14.1. The number of anilines is 1. The van der Waals surface area contributed by atoms with Crippen LogP contribution in [-0.4, -0.2) is 26.4 Å². The molecule has 0 unspecified atom stereocenters. The summed E-state index contributed by atoms with van der Waals surface area (Å²) in [6.45, 7) is 4.14. The smallest absolute Gasteiger partial charge is 0.234 e. The molecule has 2 rings (SSSR count). The molecule has 5 nitrogen and oxygen atoms in total. The Hall–Kier alpha value is -1.09. The van der Waals surface area contributed by atoms with E-state index < -0.39 is 0 Å². The minimum Gasteiger partial charge on any atom is -0.324 e. The molecule has 1 aromatic carbocycles. The van der Waals surface area contributed by atoms with E-state index in [4.69, 9.17) is 0 Å². The van der Waals surface area contributed by atoms with Crippen LogP contribution in [0.4, 0.5) is 5.69 Å². The van der Waals surface area contributed by atoms with E-state index in [-0.39, 0.29) is 5.91 Å². The first kappa shape index (κ1) is 16.3. The zero-order valence-corrected chi connectivity index (χ0v) is 15.1. The van der Waals surface area contributed by atoms with Crippen LogP contribution in [0.3, 0.4) is 0 Å². The molecular weight excluding hydrogens is 399 g/mol. The normalized spacial score (nSPS) is 10.9. The lowest BCUT2D eigenvalue weighted by Gasteiger charge is -2.07. The Balaban J connectivity index is 1.94. The zero-order chi connectivity index (χ0) is 15.4. The number of nitrogens with zero attached hydrogens (tertiary/aromatic N) is 3. The fraction of sp³-hybridized carbons (Fsp3) is 0.357. The number of hydrogen-bond donors (Lipinski definition) is 1. The molecule has 1 N–H and O–H groups in total. The first-order chi connectivity index (χ1) is 9.99. The summed E-state index contributed by atoms with van der Waals surface area (Å²) >= 11 is 3.59. The molecule has 112 valence electrons. The van der Waals surface area contributed by atoms with Crippen LogP contribution in [0.2, 0.25) is 0 Å². The summed E-state index contributed by atoms with van der Waals surface area (Å²) in [6, 6.07) is 7.70. The van der Waals surface area contributed by atoms with E-state index in [1.807, 2.05) is 35.9 Å². The molecule has 21 heavy (non-hydrogen) atoms. The van der Waals surface area contributed by atoms with Gasteiger partial charge in [0.15, 0.2) is 5.16 Å². The van der Waals surface area contributed by atoms with Gasteiger partial charge in [0.1, 0.15) is 5.82 Å². The summed E-state index contributed by atoms with van der Waals surface area (Å²) in [4.78, 5) is 12.0. The Morgan fingerprint density at radius 3 is 2.71 bits per heavy atom. The number of para-hydroxylation sites is 1. The SMILES string of the molecule is CC(C)c1nnc(SCC(=O)Nc2ccccc2I)n1C. The predicted molar refractivity (Wildman–Crippen MR) is 93.6 cm³/mol. The van der Waals surface area contributed by atoms with Gasteiger partial charge in [0.2, 0.25) is 5.91 Å². The third-order valence-electron chi connectivity index (χ3n) is 2.87. The number of aromatic nitrogens is 3. The van der Waals surface area contributed by atoms with Crippen molar-refractivity contribution in [2.24, 2.45) is 7.05 Å². The maximum Gasteiger partial charge on any atom is 0.234 e. The molecule has 0 aliphatic rings. The van der Waals surface area contributed by atoms with E-state index in [2.05, 4.69) is 52.0 Å². The number of hydrogen-bond acceptors (Lipinski definition) is 4. The van der Waals surface area contributed by atoms with Crippen LogP contribution >= 0.6 is 34.4 Å². The van der Waals surface area contributed by atoms with Gasteiger partial charge < -0.3 is 9.88 Å². The van der Waals surface area contributed by atoms with Crippen molar-refractivity contribution >= 4 is 45.9 Å². The number of carbonyl (C=O) groups excluding carboxylic acids is 1. The van der Waals surface area contributed by atoms with Crippen LogP contribution in [0.1, 0.15) is 25.6 Å². The van der Waals surface area contributed by atoms with Gasteiger partial charge in [0.05, 0.1) is 11.4 Å². The van der Waals surface area contributed by atoms with Gasteiger partial charge in [0.25, 0.3) is 0 Å². The monoisotopic (exact) mass is 416 g/mol. The highest BCUT2D eigenvalue weighted by Crippen LogP contribution is 2.21. The largest absolute Gasteiger partial charge is 0.324 e. The Morgan fingerprint density at radius 2 is 2.10 bits per heavy atom. The highest BCUT2D eigenvalue weighted by Gasteiger charge is 2.13. The summed E-state index contributed by atoms with van der Waals surface area (Å²) in [5.74, 6) is 1.51. The second kappa shape index (κ2) is 7.26. The molecule has 1 heterocycles. The lowest BCUT2D eigenvalue weighted by atomic mass is 10.2. The van der Waals surface area contributed by atoms with E-state index in [9.17, 15) is 4.79 Å². The molecule has 0 radical (unpaired) electrons. The van der Waals surface area contributed by atoms with Gasteiger partial charge in [-0.1, -0.05) is 37.7 Å². The molecule has 0 spiro atoms. The maximum absolute atomic E-state index is 12.0. The molecule has 7 heteroatoms. The van der Waals surface area contributed by atoms with Gasteiger partial charge in [-0.05, 0) is 34.7 Å². The van der Waals surface area contributed by atoms with Crippen molar-refractivity contribution in [3.8, 4) is 0 Å². The summed E-state index contributed by atoms with van der Waals surface area (Å²) in [5.41, 5.74) is 0.838. The van der Waals surface area contributed by atoms with E-state index in [0.717, 1.165) is 20.2 Å². The van der Waals surface area contributed by atoms with Gasteiger partial charge in [0, 0.05) is 16.5 Å². The van der Waals surface area contributed by atoms with Crippen molar-refractivity contribution in [2.45, 2.75) is 24.9 Å². The first-order valence-electron chi connectivity index (χ1n) is 6.55. The van der Waals surface area contributed by atoms with Gasteiger partial charge >= 0.3 is 0 Å². The third-order valence-corrected chi connectivity index (χ3v) is 4.83. The highest BCUT2D eigenvalue weighted by atomic mass is 127. The average molecular weight is 416 g/mol. The molecule has 0 saturated heterocycles. The molecule has 0 saturated carbocycles. The molecule has 2 aromatic rings. The molecule has 0 fully saturated rings. The van der Waals surface area contributed by atoms with Crippen LogP contribution in [0.15, 0.2) is 29.4 Å². The number of benzene rings is 1. The van der Waals surface area contributed by atoms with Crippen molar-refractivity contribution in [1.29, 1.82) is 0 Å². The molecule has 0 atom stereocenters. The van der Waals surface area contributed by atoms with E-state index in [1.165, 1.54) is 11.8 Å². The molecule has 1 aromatic heterocycles. The van der Waals surface area contributed by atoms with Crippen molar-refractivity contribution in [1.82, 2.24) is 14.8 Å². The number of amides is 1. The summed E-state index contributed by atoms with van der Waals surface area (Å²) < 4.78 is 2.96. The van der Waals surface area contributed by atoms with Gasteiger partial charge in [-0.15, -0.1) is 10.2 Å². The number of nitrogens with one attached hydrogen (secondary N) is 1. The Labute approximate surface area is 142 Å². The van der Waals surface area contributed by atoms with Gasteiger partial charge in [-0.25, -0.2) is 0 Å². The lowest BCUT2D eigenvalue weighted by Crippen LogP contribution is -2.15. The van der Waals surface area contributed by atoms with Crippen molar-refractivity contribution in [3.63, 3.8) is 0 Å². The lowest BCUT2D eigenvalue weighted by molar-refractivity contribution is -0.113. The van der Waals surface area contributed by atoms with E-state index >= 15 is 0 Å². The van der Waals surface area contributed by atoms with Crippen molar-refractivity contribution < 1.29 is 4.79 Å². The van der Waals surface area contributed by atoms with Crippen molar-refractivity contribution in [2.75, 3.05) is 11.1 Å². The molecule has 0 bridgehead atoms. The van der Waals surface area contributed by atoms with Crippen molar-refractivity contribution in [3.05, 3.63) is 33.7 Å². The summed E-state index contributed by atoms with van der Waals surface area (Å²) in [6.07, 6.45) is 0.